The summed E-state index contributed by atoms with van der Waals surface area (Å²) in [6.07, 6.45) is -4.57. The first-order valence-electron chi connectivity index (χ1n) is 5.77. The molecular formula is C15H10ClF3O. The van der Waals surface area contributed by atoms with E-state index < -0.39 is 17.5 Å². The number of hydrogen-bond acceptors (Lipinski definition) is 1. The van der Waals surface area contributed by atoms with Crippen molar-refractivity contribution in [1.29, 1.82) is 0 Å². The number of carbonyl (C=O) groups is 1. The fourth-order valence-electron chi connectivity index (χ4n) is 1.91. The number of Topliss-reactive ketones (excluding diaryl/α,β-unsaturated/α-hetero) is 1. The van der Waals surface area contributed by atoms with Gasteiger partial charge in [-0.1, -0.05) is 35.9 Å². The van der Waals surface area contributed by atoms with Crippen molar-refractivity contribution in [3.63, 3.8) is 0 Å². The van der Waals surface area contributed by atoms with Crippen LogP contribution in [0, 0.1) is 0 Å². The van der Waals surface area contributed by atoms with Gasteiger partial charge in [-0.25, -0.2) is 0 Å². The molecule has 2 rings (SSSR count). The quantitative estimate of drug-likeness (QED) is 0.694. The van der Waals surface area contributed by atoms with Crippen LogP contribution >= 0.6 is 11.6 Å². The molecule has 0 atom stereocenters. The lowest BCUT2D eigenvalue weighted by Crippen LogP contribution is -2.11. The molecule has 5 heteroatoms. The monoisotopic (exact) mass is 298 g/mol. The molecule has 0 aromatic heterocycles. The van der Waals surface area contributed by atoms with E-state index in [0.29, 0.717) is 16.1 Å². The first-order valence-corrected chi connectivity index (χ1v) is 6.15. The number of hydrogen-bond donors (Lipinski definition) is 0. The van der Waals surface area contributed by atoms with Gasteiger partial charge in [-0.05, 0) is 36.2 Å². The van der Waals surface area contributed by atoms with Gasteiger partial charge in [0.2, 0.25) is 0 Å². The number of rotatable bonds is 2. The van der Waals surface area contributed by atoms with E-state index in [2.05, 4.69) is 0 Å². The fraction of sp³-hybridized carbons (Fsp3) is 0.133. The molecule has 0 heterocycles. The lowest BCUT2D eigenvalue weighted by molar-refractivity contribution is -0.137. The molecule has 0 unspecified atom stereocenters. The highest BCUT2D eigenvalue weighted by atomic mass is 35.5. The molecule has 0 saturated carbocycles. The number of carbonyl (C=O) groups excluding carboxylic acids is 1. The second kappa shape index (κ2) is 5.29. The molecule has 104 valence electrons. The molecular weight excluding hydrogens is 289 g/mol. The van der Waals surface area contributed by atoms with Crippen molar-refractivity contribution in [1.82, 2.24) is 0 Å². The van der Waals surface area contributed by atoms with Crippen molar-refractivity contribution < 1.29 is 18.0 Å². The molecule has 0 aliphatic carbocycles. The molecule has 0 amide bonds. The highest BCUT2D eigenvalue weighted by Gasteiger charge is 2.34. The third-order valence-electron chi connectivity index (χ3n) is 2.88. The summed E-state index contributed by atoms with van der Waals surface area (Å²) in [5, 5.41) is 0.505. The molecule has 0 N–H and O–H groups in total. The molecule has 2 aromatic rings. The summed E-state index contributed by atoms with van der Waals surface area (Å²) in [6.45, 7) is 1.12. The smallest absolute Gasteiger partial charge is 0.294 e. The number of alkyl halides is 3. The van der Waals surface area contributed by atoms with Gasteiger partial charge < -0.3 is 0 Å². The molecule has 0 aliphatic heterocycles. The fourth-order valence-corrected chi connectivity index (χ4v) is 2.03. The third kappa shape index (κ3) is 3.02. The molecule has 0 bridgehead atoms. The maximum Gasteiger partial charge on any atom is 0.417 e. The van der Waals surface area contributed by atoms with Crippen molar-refractivity contribution in [3.8, 4) is 11.1 Å². The minimum Gasteiger partial charge on any atom is -0.294 e. The van der Waals surface area contributed by atoms with E-state index in [1.165, 1.54) is 12.1 Å². The van der Waals surface area contributed by atoms with Crippen LogP contribution in [0.5, 0.6) is 0 Å². The predicted octanol–water partition coefficient (Wildman–Crippen LogP) is 5.23. The van der Waals surface area contributed by atoms with Gasteiger partial charge >= 0.3 is 6.18 Å². The molecule has 0 aliphatic rings. The Balaban J connectivity index is 2.58. The van der Waals surface area contributed by atoms with Crippen molar-refractivity contribution >= 4 is 17.4 Å². The van der Waals surface area contributed by atoms with E-state index in [1.807, 2.05) is 0 Å². The molecule has 0 fully saturated rings. The number of ketones is 1. The average molecular weight is 299 g/mol. The normalized spacial score (nSPS) is 11.4. The van der Waals surface area contributed by atoms with Gasteiger partial charge in [0.15, 0.2) is 5.78 Å². The van der Waals surface area contributed by atoms with Crippen molar-refractivity contribution in [3.05, 3.63) is 58.6 Å². The summed E-state index contributed by atoms with van der Waals surface area (Å²) in [5.74, 6) is -0.611. The SMILES string of the molecule is CC(=O)c1ccc(-c2ccc(Cl)cc2)cc1C(F)(F)F. The average Bonchev–Trinajstić information content (AvgIpc) is 2.38. The Morgan fingerprint density at radius 2 is 1.55 bits per heavy atom. The van der Waals surface area contributed by atoms with Gasteiger partial charge in [-0.2, -0.15) is 13.2 Å². The first kappa shape index (κ1) is 14.6. The molecule has 0 radical (unpaired) electrons. The lowest BCUT2D eigenvalue weighted by Gasteiger charge is -2.13. The van der Waals surface area contributed by atoms with Gasteiger partial charge in [-0.3, -0.25) is 4.79 Å². The van der Waals surface area contributed by atoms with Crippen molar-refractivity contribution in [2.75, 3.05) is 0 Å². The zero-order chi connectivity index (χ0) is 14.9. The Morgan fingerprint density at radius 1 is 1.00 bits per heavy atom. The number of benzene rings is 2. The zero-order valence-corrected chi connectivity index (χ0v) is 11.2. The van der Waals surface area contributed by atoms with Gasteiger partial charge in [0, 0.05) is 10.6 Å². The molecule has 1 nitrogen and oxygen atoms in total. The standard InChI is InChI=1S/C15H10ClF3O/c1-9(20)13-7-4-11(8-14(13)15(17,18)19)10-2-5-12(16)6-3-10/h2-8H,1H3. The minimum absolute atomic E-state index is 0.324. The Hall–Kier alpha value is -1.81. The van der Waals surface area contributed by atoms with E-state index in [-0.39, 0.29) is 5.56 Å². The van der Waals surface area contributed by atoms with Crippen LogP contribution in [0.4, 0.5) is 13.2 Å². The Labute approximate surface area is 119 Å². The summed E-state index contributed by atoms with van der Waals surface area (Å²) in [5.41, 5.74) is -0.248. The van der Waals surface area contributed by atoms with Gasteiger partial charge in [-0.15, -0.1) is 0 Å². The third-order valence-corrected chi connectivity index (χ3v) is 3.13. The molecule has 20 heavy (non-hydrogen) atoms. The van der Waals surface area contributed by atoms with E-state index in [4.69, 9.17) is 11.6 Å². The van der Waals surface area contributed by atoms with Crippen LogP contribution in [-0.2, 0) is 6.18 Å². The van der Waals surface area contributed by atoms with E-state index in [1.54, 1.807) is 24.3 Å². The van der Waals surface area contributed by atoms with Crippen LogP contribution in [0.3, 0.4) is 0 Å². The van der Waals surface area contributed by atoms with E-state index >= 15 is 0 Å². The van der Waals surface area contributed by atoms with Crippen LogP contribution in [0.25, 0.3) is 11.1 Å². The minimum atomic E-state index is -4.57. The topological polar surface area (TPSA) is 17.1 Å². The van der Waals surface area contributed by atoms with Crippen LogP contribution in [0.1, 0.15) is 22.8 Å². The zero-order valence-electron chi connectivity index (χ0n) is 10.5. The van der Waals surface area contributed by atoms with Crippen LogP contribution < -0.4 is 0 Å². The highest BCUT2D eigenvalue weighted by Crippen LogP contribution is 2.35. The summed E-state index contributed by atoms with van der Waals surface area (Å²) in [6, 6.07) is 10.1. The Morgan fingerprint density at radius 3 is 2.05 bits per heavy atom. The summed E-state index contributed by atoms with van der Waals surface area (Å²) >= 11 is 5.75. The number of halogens is 4. The molecule has 0 saturated heterocycles. The van der Waals surface area contributed by atoms with Crippen molar-refractivity contribution in [2.24, 2.45) is 0 Å². The van der Waals surface area contributed by atoms with Crippen LogP contribution in [0.2, 0.25) is 5.02 Å². The predicted molar refractivity (Wildman–Crippen MR) is 71.9 cm³/mol. The van der Waals surface area contributed by atoms with Gasteiger partial charge in [0.05, 0.1) is 5.56 Å². The van der Waals surface area contributed by atoms with Crippen LogP contribution in [-0.4, -0.2) is 5.78 Å². The van der Waals surface area contributed by atoms with Crippen LogP contribution in [0.15, 0.2) is 42.5 Å². The Bertz CT molecular complexity index is 645. The van der Waals surface area contributed by atoms with Gasteiger partial charge in [0.1, 0.15) is 0 Å². The maximum atomic E-state index is 13.0. The summed E-state index contributed by atoms with van der Waals surface area (Å²) in [7, 11) is 0. The largest absolute Gasteiger partial charge is 0.417 e. The molecule has 2 aromatic carbocycles. The second-order valence-corrected chi connectivity index (χ2v) is 4.76. The highest BCUT2D eigenvalue weighted by molar-refractivity contribution is 6.30. The molecule has 0 spiro atoms. The Kier molecular flexibility index (Phi) is 3.86. The lowest BCUT2D eigenvalue weighted by atomic mass is 9.97. The maximum absolute atomic E-state index is 13.0. The van der Waals surface area contributed by atoms with Gasteiger partial charge in [0.25, 0.3) is 0 Å². The summed E-state index contributed by atoms with van der Waals surface area (Å²) in [4.78, 5) is 11.3. The second-order valence-electron chi connectivity index (χ2n) is 4.32. The van der Waals surface area contributed by atoms with Crippen molar-refractivity contribution in [2.45, 2.75) is 13.1 Å². The first-order chi connectivity index (χ1) is 9.29. The van der Waals surface area contributed by atoms with E-state index in [9.17, 15) is 18.0 Å². The summed E-state index contributed by atoms with van der Waals surface area (Å²) < 4.78 is 39.0. The van der Waals surface area contributed by atoms with E-state index in [0.717, 1.165) is 13.0 Å².